The standard InChI is InChI=1S/C44H35NO.C44H35NS.C44H37N.2CH4/c2*1-2-10-34-29(8-1)9-7-14-41(34)45(33-17-19-43-38(26-33)36-12-4-6-15-42(36)46-43)32-16-18-40-37(25-32)35-11-3-5-13-39(35)44(40)30-21-27-20-28(23-30)24-31(44)22-27;1-2-10-31(11-3-1)33-14-8-15-36(27-33)45(43-19-9-13-32-12-4-5-16-38(32)43)37-20-21-42-40(28-37)39-17-6-7-18-41(39)44(42)34-23-29-22-30(25-34)26-35(44)24-29;;/h2*1-19,25-28,30-31H,20-24H2;1-21,27-30,34-35H,22-26H2;2*1H4. The molecule has 12 fully saturated rings. The van der Waals surface area contributed by atoms with Crippen molar-refractivity contribution in [3.8, 4) is 44.5 Å². The summed E-state index contributed by atoms with van der Waals surface area (Å²) in [6.45, 7) is 0. The SMILES string of the molecule is C.C.c1ccc(-c2cccc(N(c3ccc4c(c3)-c3ccccc3C43C4CC5CC(C4)CC3C5)c3cccc4ccccc34)c2)cc1.c1ccc2c(c1)-c1cc(N(c3ccc4oc5ccccc5c4c3)c3cccc4ccccc34)ccc1C21C2CC3CC(C2)CC1C3.c1ccc2c(c1)-c1cc(N(c3ccc4sc5ccccc5c4c3)c3cccc4ccccc34)ccc1C21C2CC3CC(C2)CC1C3. The summed E-state index contributed by atoms with van der Waals surface area (Å²) in [6.07, 6.45) is 21.4. The second kappa shape index (κ2) is 32.1. The topological polar surface area (TPSA) is 22.9 Å². The van der Waals surface area contributed by atoms with Crippen molar-refractivity contribution in [2.45, 2.75) is 127 Å². The molecule has 0 amide bonds. The van der Waals surface area contributed by atoms with Gasteiger partial charge in [0.05, 0.1) is 17.1 Å². The molecule has 0 saturated heterocycles. The van der Waals surface area contributed by atoms with Crippen LogP contribution in [0.2, 0.25) is 0 Å². The molecule has 15 aliphatic carbocycles. The second-order valence-electron chi connectivity index (χ2n) is 43.3. The highest BCUT2D eigenvalue weighted by Crippen LogP contribution is 2.74. The molecular weight excluding hydrogens is 1700 g/mol. The largest absolute Gasteiger partial charge is 0.456 e. The van der Waals surface area contributed by atoms with Gasteiger partial charge in [0.2, 0.25) is 0 Å². The normalized spacial score (nSPS) is 25.1. The summed E-state index contributed by atoms with van der Waals surface area (Å²) in [6, 6.07) is 148. The Kier molecular flexibility index (Phi) is 19.3. The van der Waals surface area contributed by atoms with E-state index in [1.54, 1.807) is 33.4 Å². The Balaban J connectivity index is 0.000000102. The molecule has 3 spiro atoms. The molecular formula is C134H115N3OS. The molecule has 678 valence electrons. The van der Waals surface area contributed by atoms with Gasteiger partial charge in [-0.3, -0.25) is 0 Å². The van der Waals surface area contributed by atoms with Crippen molar-refractivity contribution in [2.24, 2.45) is 71.0 Å². The van der Waals surface area contributed by atoms with Crippen LogP contribution in [-0.4, -0.2) is 0 Å². The van der Waals surface area contributed by atoms with Crippen LogP contribution in [0.4, 0.5) is 51.2 Å². The molecule has 20 aromatic rings. The highest BCUT2D eigenvalue weighted by molar-refractivity contribution is 7.25. The number of furan rings is 1. The fourth-order valence-corrected chi connectivity index (χ4v) is 33.6. The Labute approximate surface area is 820 Å². The van der Waals surface area contributed by atoms with Crippen LogP contribution in [0.25, 0.3) is 119 Å². The van der Waals surface area contributed by atoms with Crippen LogP contribution < -0.4 is 14.7 Å². The van der Waals surface area contributed by atoms with E-state index in [9.17, 15) is 0 Å². The summed E-state index contributed by atoms with van der Waals surface area (Å²) >= 11 is 1.89. The van der Waals surface area contributed by atoms with Crippen molar-refractivity contribution >= 4 is 137 Å². The first-order valence-corrected chi connectivity index (χ1v) is 52.1. The summed E-state index contributed by atoms with van der Waals surface area (Å²) < 4.78 is 8.95. The molecule has 5 heteroatoms. The third kappa shape index (κ3) is 12.4. The number of hydrogen-bond acceptors (Lipinski definition) is 5. The number of anilines is 9. The Hall–Kier alpha value is -13.8. The van der Waals surface area contributed by atoms with Gasteiger partial charge < -0.3 is 19.1 Å². The maximum absolute atomic E-state index is 6.26. The van der Waals surface area contributed by atoms with Crippen LogP contribution >= 0.6 is 11.3 Å². The summed E-state index contributed by atoms with van der Waals surface area (Å²) in [5.74, 6) is 10.3. The summed E-state index contributed by atoms with van der Waals surface area (Å²) in [4.78, 5) is 7.51. The predicted octanol–water partition coefficient (Wildman–Crippen LogP) is 37.3. The molecule has 12 bridgehead atoms. The van der Waals surface area contributed by atoms with E-state index in [-0.39, 0.29) is 31.1 Å². The maximum Gasteiger partial charge on any atom is 0.135 e. The number of nitrogens with zero attached hydrogens (tertiary/aromatic N) is 3. The molecule has 15 aliphatic rings. The van der Waals surface area contributed by atoms with Gasteiger partial charge in [-0.2, -0.15) is 0 Å². The third-order valence-corrected chi connectivity index (χ3v) is 38.0. The average Bonchev–Trinajstić information content (AvgIpc) is 1.54. The van der Waals surface area contributed by atoms with Crippen LogP contribution in [0.3, 0.4) is 0 Å². The number of para-hydroxylation sites is 1. The molecule has 2 heterocycles. The number of hydrogen-bond donors (Lipinski definition) is 0. The van der Waals surface area contributed by atoms with Gasteiger partial charge in [-0.1, -0.05) is 294 Å². The maximum atomic E-state index is 6.26. The van der Waals surface area contributed by atoms with Crippen molar-refractivity contribution in [2.75, 3.05) is 14.7 Å². The fourth-order valence-electron chi connectivity index (χ4n) is 32.5. The number of thiophene rings is 1. The van der Waals surface area contributed by atoms with Gasteiger partial charge in [-0.05, 0) is 377 Å². The third-order valence-electron chi connectivity index (χ3n) is 36.9. The minimum atomic E-state index is 0. The first kappa shape index (κ1) is 83.3. The molecule has 0 atom stereocenters. The zero-order valence-electron chi connectivity index (χ0n) is 77.2. The van der Waals surface area contributed by atoms with E-state index in [1.165, 1.54) is 239 Å². The summed E-state index contributed by atoms with van der Waals surface area (Å²) in [7, 11) is 0. The lowest BCUT2D eigenvalue weighted by Crippen LogP contribution is -2.55. The van der Waals surface area contributed by atoms with Gasteiger partial charge in [-0.15, -0.1) is 11.3 Å². The number of benzene rings is 18. The highest BCUT2D eigenvalue weighted by atomic mass is 32.1. The molecule has 0 unspecified atom stereocenters. The first-order chi connectivity index (χ1) is 67.8. The zero-order chi connectivity index (χ0) is 89.5. The van der Waals surface area contributed by atoms with E-state index in [4.69, 9.17) is 4.42 Å². The van der Waals surface area contributed by atoms with E-state index in [0.717, 1.165) is 98.6 Å². The van der Waals surface area contributed by atoms with Crippen LogP contribution in [-0.2, 0) is 16.2 Å². The summed E-state index contributed by atoms with van der Waals surface area (Å²) in [5, 5.41) is 12.6. The first-order valence-electron chi connectivity index (χ1n) is 51.3. The van der Waals surface area contributed by atoms with Crippen LogP contribution in [0.1, 0.15) is 145 Å². The van der Waals surface area contributed by atoms with E-state index in [1.807, 2.05) is 17.4 Å². The molecule has 0 aliphatic heterocycles. The second-order valence-corrected chi connectivity index (χ2v) is 44.4. The Morgan fingerprint density at radius 1 is 0.201 bits per heavy atom. The van der Waals surface area contributed by atoms with Crippen molar-refractivity contribution in [1.82, 2.24) is 0 Å². The Morgan fingerprint density at radius 3 is 0.942 bits per heavy atom. The Morgan fingerprint density at radius 2 is 0.504 bits per heavy atom. The quantitative estimate of drug-likeness (QED) is 0.136. The average molecular weight is 1820 g/mol. The molecule has 4 nitrogen and oxygen atoms in total. The lowest BCUT2D eigenvalue weighted by atomic mass is 9.43. The van der Waals surface area contributed by atoms with Crippen molar-refractivity contribution < 1.29 is 4.42 Å². The molecule has 2 aromatic heterocycles. The predicted molar refractivity (Wildman–Crippen MR) is 585 cm³/mol. The molecule has 18 aromatic carbocycles. The summed E-state index contributed by atoms with van der Waals surface area (Å²) in [5.41, 5.74) is 34.2. The van der Waals surface area contributed by atoms with Crippen LogP contribution in [0.5, 0.6) is 0 Å². The lowest BCUT2D eigenvalue weighted by molar-refractivity contribution is -0.0399. The van der Waals surface area contributed by atoms with Crippen molar-refractivity contribution in [3.05, 3.63) is 428 Å². The van der Waals surface area contributed by atoms with Crippen molar-refractivity contribution in [1.29, 1.82) is 0 Å². The van der Waals surface area contributed by atoms with Crippen molar-refractivity contribution in [3.63, 3.8) is 0 Å². The highest BCUT2D eigenvalue weighted by Gasteiger charge is 2.65. The molecule has 35 rings (SSSR count). The zero-order valence-corrected chi connectivity index (χ0v) is 78.0. The van der Waals surface area contributed by atoms with Gasteiger partial charge in [0.1, 0.15) is 11.2 Å². The van der Waals surface area contributed by atoms with Gasteiger partial charge in [0.15, 0.2) is 0 Å². The minimum Gasteiger partial charge on any atom is -0.456 e. The van der Waals surface area contributed by atoms with Gasteiger partial charge >= 0.3 is 0 Å². The molecule has 12 saturated carbocycles. The number of fused-ring (bicyclic) bond motifs is 18. The van der Waals surface area contributed by atoms with E-state index in [2.05, 4.69) is 403 Å². The van der Waals surface area contributed by atoms with Crippen LogP contribution in [0.15, 0.2) is 399 Å². The van der Waals surface area contributed by atoms with Gasteiger partial charge in [0.25, 0.3) is 0 Å². The van der Waals surface area contributed by atoms with Gasteiger partial charge in [0, 0.05) is 97.5 Å². The molecule has 0 N–H and O–H groups in total. The van der Waals surface area contributed by atoms with E-state index >= 15 is 0 Å². The van der Waals surface area contributed by atoms with E-state index < -0.39 is 0 Å². The monoisotopic (exact) mass is 1810 g/mol. The van der Waals surface area contributed by atoms with E-state index in [0.29, 0.717) is 0 Å². The smallest absolute Gasteiger partial charge is 0.135 e. The Bertz CT molecular complexity index is 7920. The van der Waals surface area contributed by atoms with Gasteiger partial charge in [-0.25, -0.2) is 0 Å². The molecule has 139 heavy (non-hydrogen) atoms. The fraction of sp³-hybridized carbons (Fsp3) is 0.239. The number of rotatable bonds is 10. The molecule has 0 radical (unpaired) electrons. The lowest BCUT2D eigenvalue weighted by Gasteiger charge is -2.61. The van der Waals surface area contributed by atoms with Crippen LogP contribution in [0, 0.1) is 71.0 Å². The minimum absolute atomic E-state index is 0.